The van der Waals surface area contributed by atoms with Crippen molar-refractivity contribution in [3.63, 3.8) is 0 Å². The van der Waals surface area contributed by atoms with Crippen LogP contribution in [0.5, 0.6) is 46.0 Å². The molecule has 0 radical (unpaired) electrons. The molecular weight excluding hydrogens is 574 g/mol. The molecule has 42 heavy (non-hydrogen) atoms. The van der Waals surface area contributed by atoms with E-state index in [9.17, 15) is 0 Å². The minimum Gasteiger partial charge on any atom is -0.496 e. The quantitative estimate of drug-likeness (QED) is 0.202. The van der Waals surface area contributed by atoms with Crippen LogP contribution in [0.1, 0.15) is 0 Å². The third-order valence-electron chi connectivity index (χ3n) is 6.63. The van der Waals surface area contributed by atoms with Crippen LogP contribution in [0.25, 0.3) is 11.1 Å². The third-order valence-corrected chi connectivity index (χ3v) is 9.16. The van der Waals surface area contributed by atoms with Gasteiger partial charge in [-0.2, -0.15) is 0 Å². The highest BCUT2D eigenvalue weighted by molar-refractivity contribution is 7.56. The SMILES string of the molecule is COc1cc(Pc2cccc(OC)c2-c2c(OC)cccc2Pc2cc(OC)c(OC)c(OC)c2)cc(OC)c1OC. The monoisotopic (exact) mass is 610 g/mol. The van der Waals surface area contributed by atoms with E-state index < -0.39 is 0 Å². The summed E-state index contributed by atoms with van der Waals surface area (Å²) >= 11 is 0. The smallest absolute Gasteiger partial charge is 0.203 e. The zero-order valence-corrected chi connectivity index (χ0v) is 27.0. The standard InChI is InChI=1S/C32H36O8P2/c1-33-21-11-9-13-27(41-19-15-23(35-3)31(39-7)24(16-19)36-4)29(21)30-22(34-2)12-10-14-28(30)42-20-17-25(37-5)32(40-8)26(18-20)38-6/h9-18,41-42H,1-8H3. The van der Waals surface area contributed by atoms with E-state index in [0.29, 0.717) is 34.5 Å². The fraction of sp³-hybridized carbons (Fsp3) is 0.250. The van der Waals surface area contributed by atoms with E-state index in [1.54, 1.807) is 56.9 Å². The van der Waals surface area contributed by atoms with Gasteiger partial charge in [0.05, 0.1) is 56.9 Å². The van der Waals surface area contributed by atoms with E-state index in [2.05, 4.69) is 12.1 Å². The van der Waals surface area contributed by atoms with E-state index >= 15 is 0 Å². The van der Waals surface area contributed by atoms with Gasteiger partial charge >= 0.3 is 0 Å². The summed E-state index contributed by atoms with van der Waals surface area (Å²) in [7, 11) is 13.5. The summed E-state index contributed by atoms with van der Waals surface area (Å²) in [6.07, 6.45) is 0. The average molecular weight is 611 g/mol. The zero-order chi connectivity index (χ0) is 30.2. The van der Waals surface area contributed by atoms with Crippen molar-refractivity contribution >= 4 is 38.4 Å². The molecular formula is C32H36O8P2. The molecule has 4 rings (SSSR count). The molecule has 0 aliphatic heterocycles. The van der Waals surface area contributed by atoms with Gasteiger partial charge in [-0.25, -0.2) is 0 Å². The van der Waals surface area contributed by atoms with Gasteiger partial charge in [0.1, 0.15) is 11.5 Å². The molecule has 222 valence electrons. The molecule has 0 spiro atoms. The number of benzene rings is 4. The molecule has 0 saturated heterocycles. The minimum absolute atomic E-state index is 0.249. The van der Waals surface area contributed by atoms with E-state index in [4.69, 9.17) is 37.9 Å². The molecule has 8 nitrogen and oxygen atoms in total. The van der Waals surface area contributed by atoms with Crippen molar-refractivity contribution in [3.8, 4) is 57.1 Å². The van der Waals surface area contributed by atoms with Crippen LogP contribution < -0.4 is 59.1 Å². The first-order chi connectivity index (χ1) is 20.5. The third kappa shape index (κ3) is 6.30. The maximum Gasteiger partial charge on any atom is 0.203 e. The average Bonchev–Trinajstić information content (AvgIpc) is 3.03. The number of hydrogen-bond donors (Lipinski definition) is 0. The van der Waals surface area contributed by atoms with Crippen molar-refractivity contribution in [3.05, 3.63) is 60.7 Å². The Morgan fingerprint density at radius 2 is 0.690 bits per heavy atom. The summed E-state index contributed by atoms with van der Waals surface area (Å²) < 4.78 is 45.4. The van der Waals surface area contributed by atoms with Crippen LogP contribution in [-0.4, -0.2) is 56.9 Å². The fourth-order valence-corrected chi connectivity index (χ4v) is 7.28. The van der Waals surface area contributed by atoms with Gasteiger partial charge in [-0.1, -0.05) is 41.4 Å². The highest BCUT2D eigenvalue weighted by Crippen LogP contribution is 2.42. The van der Waals surface area contributed by atoms with Gasteiger partial charge in [0, 0.05) is 11.1 Å². The fourth-order valence-electron chi connectivity index (χ4n) is 4.74. The molecule has 4 aromatic carbocycles. The second-order valence-corrected chi connectivity index (χ2v) is 11.6. The summed E-state index contributed by atoms with van der Waals surface area (Å²) in [5.41, 5.74) is 1.92. The van der Waals surface area contributed by atoms with Crippen molar-refractivity contribution in [2.45, 2.75) is 0 Å². The van der Waals surface area contributed by atoms with E-state index in [1.165, 1.54) is 0 Å². The molecule has 0 aliphatic carbocycles. The van der Waals surface area contributed by atoms with Crippen molar-refractivity contribution in [2.24, 2.45) is 0 Å². The lowest BCUT2D eigenvalue weighted by Crippen LogP contribution is -2.15. The normalized spacial score (nSPS) is 11.1. The molecule has 4 aromatic rings. The summed E-state index contributed by atoms with van der Waals surface area (Å²) in [5, 5.41) is 4.18. The summed E-state index contributed by atoms with van der Waals surface area (Å²) in [6, 6.07) is 20.1. The molecule has 10 heteroatoms. The van der Waals surface area contributed by atoms with Gasteiger partial charge in [0.25, 0.3) is 0 Å². The second-order valence-electron chi connectivity index (χ2n) is 8.84. The van der Waals surface area contributed by atoms with Crippen molar-refractivity contribution in [2.75, 3.05) is 56.9 Å². The number of methoxy groups -OCH3 is 8. The Balaban J connectivity index is 1.89. The highest BCUT2D eigenvalue weighted by Gasteiger charge is 2.22. The van der Waals surface area contributed by atoms with E-state index in [0.717, 1.165) is 43.8 Å². The van der Waals surface area contributed by atoms with Crippen molar-refractivity contribution < 1.29 is 37.9 Å². The van der Waals surface area contributed by atoms with Gasteiger partial charge in [-0.3, -0.25) is 0 Å². The Labute approximate surface area is 250 Å². The van der Waals surface area contributed by atoms with Crippen LogP contribution in [0, 0.1) is 0 Å². The van der Waals surface area contributed by atoms with Crippen LogP contribution in [0.4, 0.5) is 0 Å². The molecule has 0 aliphatic rings. The molecule has 0 amide bonds. The molecule has 0 aromatic heterocycles. The second kappa shape index (κ2) is 14.4. The largest absolute Gasteiger partial charge is 0.496 e. The number of hydrogen-bond acceptors (Lipinski definition) is 8. The molecule has 2 unspecified atom stereocenters. The van der Waals surface area contributed by atoms with Gasteiger partial charge in [-0.15, -0.1) is 0 Å². The molecule has 0 N–H and O–H groups in total. The summed E-state index contributed by atoms with van der Waals surface area (Å²) in [5.74, 6) is 5.00. The molecule has 0 fully saturated rings. The van der Waals surface area contributed by atoms with E-state index in [-0.39, 0.29) is 17.2 Å². The van der Waals surface area contributed by atoms with Crippen molar-refractivity contribution in [1.82, 2.24) is 0 Å². The maximum absolute atomic E-state index is 5.94. The van der Waals surface area contributed by atoms with Gasteiger partial charge in [-0.05, 0) is 57.6 Å². The molecule has 2 atom stereocenters. The lowest BCUT2D eigenvalue weighted by molar-refractivity contribution is 0.325. The lowest BCUT2D eigenvalue weighted by atomic mass is 10.0. The maximum atomic E-state index is 5.94. The van der Waals surface area contributed by atoms with Crippen LogP contribution in [0.3, 0.4) is 0 Å². The molecule has 0 bridgehead atoms. The Bertz CT molecular complexity index is 1370. The summed E-state index contributed by atoms with van der Waals surface area (Å²) in [6.45, 7) is 0. The Hall–Kier alpha value is -3.86. The van der Waals surface area contributed by atoms with Crippen LogP contribution >= 0.6 is 17.2 Å². The Morgan fingerprint density at radius 1 is 0.381 bits per heavy atom. The van der Waals surface area contributed by atoms with Crippen LogP contribution in [-0.2, 0) is 0 Å². The van der Waals surface area contributed by atoms with Crippen LogP contribution in [0.15, 0.2) is 60.7 Å². The summed E-state index contributed by atoms with van der Waals surface area (Å²) in [4.78, 5) is 0. The van der Waals surface area contributed by atoms with E-state index in [1.807, 2.05) is 48.5 Å². The topological polar surface area (TPSA) is 73.8 Å². The molecule has 0 saturated carbocycles. The number of ether oxygens (including phenoxy) is 8. The number of rotatable bonds is 13. The van der Waals surface area contributed by atoms with Crippen molar-refractivity contribution in [1.29, 1.82) is 0 Å². The first-order valence-electron chi connectivity index (χ1n) is 12.9. The Morgan fingerprint density at radius 3 is 0.952 bits per heavy atom. The van der Waals surface area contributed by atoms with Gasteiger partial charge < -0.3 is 37.9 Å². The lowest BCUT2D eigenvalue weighted by Gasteiger charge is -2.21. The van der Waals surface area contributed by atoms with Gasteiger partial charge in [0.15, 0.2) is 23.0 Å². The minimum atomic E-state index is 0.249. The zero-order valence-electron chi connectivity index (χ0n) is 25.0. The predicted octanol–water partition coefficient (Wildman–Crippen LogP) is 4.68. The molecule has 0 heterocycles. The Kier molecular flexibility index (Phi) is 10.6. The first kappa shape index (κ1) is 31.1. The first-order valence-corrected chi connectivity index (χ1v) is 14.9. The van der Waals surface area contributed by atoms with Gasteiger partial charge in [0.2, 0.25) is 11.5 Å². The predicted molar refractivity (Wildman–Crippen MR) is 172 cm³/mol. The van der Waals surface area contributed by atoms with Crippen LogP contribution in [0.2, 0.25) is 0 Å². The highest BCUT2D eigenvalue weighted by atomic mass is 31.1.